The van der Waals surface area contributed by atoms with Crippen molar-refractivity contribution in [2.24, 2.45) is 0 Å². The highest BCUT2D eigenvalue weighted by Gasteiger charge is 2.11. The summed E-state index contributed by atoms with van der Waals surface area (Å²) in [7, 11) is 0. The van der Waals surface area contributed by atoms with Crippen LogP contribution in [0.2, 0.25) is 0 Å². The number of rotatable bonds is 8. The molecule has 2 aromatic carbocycles. The highest BCUT2D eigenvalue weighted by Crippen LogP contribution is 2.24. The first-order valence-electron chi connectivity index (χ1n) is 9.10. The number of hydrogen-bond donors (Lipinski definition) is 2. The number of ether oxygens (including phenoxy) is 2. The maximum atomic E-state index is 12.5. The van der Waals surface area contributed by atoms with E-state index in [0.29, 0.717) is 23.7 Å². The Morgan fingerprint density at radius 3 is 2.67 bits per heavy atom. The molecule has 0 radical (unpaired) electrons. The Morgan fingerprint density at radius 2 is 1.93 bits per heavy atom. The highest BCUT2D eigenvalue weighted by atomic mass is 32.1. The number of nitrogens with one attached hydrogen (secondary N) is 2. The van der Waals surface area contributed by atoms with E-state index in [1.165, 1.54) is 0 Å². The van der Waals surface area contributed by atoms with Gasteiger partial charge < -0.3 is 14.8 Å². The normalized spacial score (nSPS) is 10.4. The minimum absolute atomic E-state index is 0.0373. The molecule has 0 unspecified atom stereocenters. The van der Waals surface area contributed by atoms with Crippen molar-refractivity contribution in [3.63, 3.8) is 0 Å². The fourth-order valence-electron chi connectivity index (χ4n) is 2.33. The van der Waals surface area contributed by atoms with Crippen molar-refractivity contribution in [1.82, 2.24) is 5.32 Å². The van der Waals surface area contributed by atoms with E-state index in [9.17, 15) is 4.79 Å². The molecule has 0 saturated heterocycles. The number of carbonyl (C=O) groups excluding carboxylic acids is 1. The Labute approximate surface area is 166 Å². The number of unbranched alkanes of at least 4 members (excludes halogenated alkanes) is 1. The van der Waals surface area contributed by atoms with Crippen LogP contribution in [-0.4, -0.2) is 23.7 Å². The van der Waals surface area contributed by atoms with E-state index in [0.717, 1.165) is 18.5 Å². The van der Waals surface area contributed by atoms with Crippen molar-refractivity contribution in [2.75, 3.05) is 11.9 Å². The summed E-state index contributed by atoms with van der Waals surface area (Å²) in [5.74, 6) is 1.05. The van der Waals surface area contributed by atoms with Crippen LogP contribution < -0.4 is 20.1 Å². The molecule has 1 amide bonds. The molecular weight excluding hydrogens is 360 g/mol. The van der Waals surface area contributed by atoms with Crippen molar-refractivity contribution >= 4 is 28.9 Å². The minimum atomic E-state index is -0.300. The maximum Gasteiger partial charge on any atom is 0.257 e. The Hall–Kier alpha value is -2.60. The van der Waals surface area contributed by atoms with E-state index >= 15 is 0 Å². The van der Waals surface area contributed by atoms with Crippen LogP contribution in [0.15, 0.2) is 48.5 Å². The van der Waals surface area contributed by atoms with Gasteiger partial charge in [0.2, 0.25) is 0 Å². The lowest BCUT2D eigenvalue weighted by atomic mass is 10.2. The van der Waals surface area contributed by atoms with Gasteiger partial charge >= 0.3 is 0 Å². The van der Waals surface area contributed by atoms with Gasteiger partial charge in [-0.2, -0.15) is 0 Å². The van der Waals surface area contributed by atoms with Crippen LogP contribution in [0.4, 0.5) is 5.69 Å². The van der Waals surface area contributed by atoms with Gasteiger partial charge in [0.15, 0.2) is 5.11 Å². The number of para-hydroxylation sites is 2. The average Bonchev–Trinajstić information content (AvgIpc) is 2.63. The Balaban J connectivity index is 1.98. The second-order valence-corrected chi connectivity index (χ2v) is 6.71. The lowest BCUT2D eigenvalue weighted by Gasteiger charge is -2.14. The van der Waals surface area contributed by atoms with E-state index in [-0.39, 0.29) is 17.1 Å². The zero-order valence-corrected chi connectivity index (χ0v) is 16.8. The summed E-state index contributed by atoms with van der Waals surface area (Å²) in [6, 6.07) is 14.5. The summed E-state index contributed by atoms with van der Waals surface area (Å²) in [6.07, 6.45) is 2.07. The Kier molecular flexibility index (Phi) is 8.07. The molecule has 2 N–H and O–H groups in total. The predicted octanol–water partition coefficient (Wildman–Crippen LogP) is 4.78. The van der Waals surface area contributed by atoms with Crippen LogP contribution in [-0.2, 0) is 0 Å². The summed E-state index contributed by atoms with van der Waals surface area (Å²) in [4.78, 5) is 12.5. The molecule has 6 heteroatoms. The number of hydrogen-bond acceptors (Lipinski definition) is 4. The molecule has 0 aliphatic heterocycles. The third-order valence-corrected chi connectivity index (χ3v) is 3.79. The third-order valence-electron chi connectivity index (χ3n) is 3.59. The van der Waals surface area contributed by atoms with Crippen molar-refractivity contribution in [3.8, 4) is 11.5 Å². The lowest BCUT2D eigenvalue weighted by Crippen LogP contribution is -2.34. The smallest absolute Gasteiger partial charge is 0.257 e. The van der Waals surface area contributed by atoms with Gasteiger partial charge in [-0.1, -0.05) is 31.5 Å². The van der Waals surface area contributed by atoms with Crippen LogP contribution in [0.25, 0.3) is 0 Å². The van der Waals surface area contributed by atoms with Crippen molar-refractivity contribution in [1.29, 1.82) is 0 Å². The molecular formula is C21H26N2O3S. The van der Waals surface area contributed by atoms with Gasteiger partial charge in [-0.25, -0.2) is 0 Å². The molecule has 0 aromatic heterocycles. The van der Waals surface area contributed by atoms with Crippen LogP contribution in [0.1, 0.15) is 44.0 Å². The molecule has 2 rings (SSSR count). The molecule has 0 aliphatic carbocycles. The molecule has 5 nitrogen and oxygen atoms in total. The van der Waals surface area contributed by atoms with Gasteiger partial charge in [-0.15, -0.1) is 0 Å². The molecule has 0 spiro atoms. The molecule has 0 fully saturated rings. The van der Waals surface area contributed by atoms with Gasteiger partial charge in [-0.3, -0.25) is 10.1 Å². The van der Waals surface area contributed by atoms with Crippen LogP contribution >= 0.6 is 12.2 Å². The Morgan fingerprint density at radius 1 is 1.15 bits per heavy atom. The number of amides is 1. The van der Waals surface area contributed by atoms with Gasteiger partial charge in [0, 0.05) is 5.56 Å². The minimum Gasteiger partial charge on any atom is -0.491 e. The van der Waals surface area contributed by atoms with Crippen LogP contribution in [0.5, 0.6) is 11.5 Å². The molecule has 27 heavy (non-hydrogen) atoms. The van der Waals surface area contributed by atoms with E-state index in [2.05, 4.69) is 17.6 Å². The van der Waals surface area contributed by atoms with Gasteiger partial charge in [0.25, 0.3) is 5.91 Å². The first kappa shape index (κ1) is 20.7. The largest absolute Gasteiger partial charge is 0.491 e. The van der Waals surface area contributed by atoms with E-state index in [1.807, 2.05) is 44.2 Å². The highest BCUT2D eigenvalue weighted by molar-refractivity contribution is 7.80. The predicted molar refractivity (Wildman–Crippen MR) is 113 cm³/mol. The van der Waals surface area contributed by atoms with Crippen molar-refractivity contribution < 1.29 is 14.3 Å². The number of anilines is 1. The SMILES string of the molecule is CCCCOc1ccccc1NC(=S)NC(=O)c1cccc(OC(C)C)c1. The first-order chi connectivity index (χ1) is 13.0. The second-order valence-electron chi connectivity index (χ2n) is 6.30. The Bertz CT molecular complexity index is 778. The molecule has 0 bridgehead atoms. The van der Waals surface area contributed by atoms with Crippen molar-refractivity contribution in [3.05, 3.63) is 54.1 Å². The van der Waals surface area contributed by atoms with Gasteiger partial charge in [-0.05, 0) is 62.8 Å². The maximum absolute atomic E-state index is 12.5. The molecule has 0 saturated carbocycles. The zero-order chi connectivity index (χ0) is 19.6. The quantitative estimate of drug-likeness (QED) is 0.505. The topological polar surface area (TPSA) is 59.6 Å². The van der Waals surface area contributed by atoms with Crippen LogP contribution in [0, 0.1) is 0 Å². The number of thiocarbonyl (C=S) groups is 1. The van der Waals surface area contributed by atoms with E-state index < -0.39 is 0 Å². The van der Waals surface area contributed by atoms with Crippen LogP contribution in [0.3, 0.4) is 0 Å². The first-order valence-corrected chi connectivity index (χ1v) is 9.51. The molecule has 0 atom stereocenters. The number of carbonyl (C=O) groups is 1. The molecule has 0 heterocycles. The summed E-state index contributed by atoms with van der Waals surface area (Å²) in [5.41, 5.74) is 1.19. The molecule has 0 aliphatic rings. The zero-order valence-electron chi connectivity index (χ0n) is 16.0. The summed E-state index contributed by atoms with van der Waals surface area (Å²) < 4.78 is 11.4. The van der Waals surface area contributed by atoms with E-state index in [1.54, 1.807) is 18.2 Å². The lowest BCUT2D eigenvalue weighted by molar-refractivity contribution is 0.0977. The summed E-state index contributed by atoms with van der Waals surface area (Å²) in [6.45, 7) is 6.62. The van der Waals surface area contributed by atoms with E-state index in [4.69, 9.17) is 21.7 Å². The number of benzene rings is 2. The summed E-state index contributed by atoms with van der Waals surface area (Å²) >= 11 is 5.28. The second kappa shape index (κ2) is 10.5. The summed E-state index contributed by atoms with van der Waals surface area (Å²) in [5, 5.41) is 5.93. The fourth-order valence-corrected chi connectivity index (χ4v) is 2.54. The molecule has 144 valence electrons. The third kappa shape index (κ3) is 6.90. The van der Waals surface area contributed by atoms with Gasteiger partial charge in [0.05, 0.1) is 18.4 Å². The molecule has 2 aromatic rings. The standard InChI is InChI=1S/C21H26N2O3S/c1-4-5-13-25-19-12-7-6-11-18(19)22-21(27)23-20(24)16-9-8-10-17(14-16)26-15(2)3/h6-12,14-15H,4-5,13H2,1-3H3,(H2,22,23,24,27). The van der Waals surface area contributed by atoms with Gasteiger partial charge in [0.1, 0.15) is 11.5 Å². The van der Waals surface area contributed by atoms with Crippen molar-refractivity contribution in [2.45, 2.75) is 39.7 Å². The monoisotopic (exact) mass is 386 g/mol. The average molecular weight is 387 g/mol. The fraction of sp³-hybridized carbons (Fsp3) is 0.333.